The van der Waals surface area contributed by atoms with Crippen molar-refractivity contribution in [3.8, 4) is 0 Å². The first-order chi connectivity index (χ1) is 7.30. The van der Waals surface area contributed by atoms with E-state index in [1.165, 1.54) is 12.1 Å². The van der Waals surface area contributed by atoms with Crippen LogP contribution in [0.25, 0.3) is 0 Å². The maximum atomic E-state index is 12.0. The third kappa shape index (κ3) is 3.34. The summed E-state index contributed by atoms with van der Waals surface area (Å²) in [5.74, 6) is -0.718. The molecule has 0 aromatic heterocycles. The second kappa shape index (κ2) is 4.65. The van der Waals surface area contributed by atoms with Gasteiger partial charge in [0.05, 0.1) is 0 Å². The molecule has 1 aromatic rings. The zero-order chi connectivity index (χ0) is 12.3. The lowest BCUT2D eigenvalue weighted by Crippen LogP contribution is -2.30. The minimum Gasteiger partial charge on any atom is -0.383 e. The summed E-state index contributed by atoms with van der Waals surface area (Å²) in [4.78, 5) is 11.4. The monoisotopic (exact) mass is 232 g/mol. The van der Waals surface area contributed by atoms with Crippen LogP contribution in [0.3, 0.4) is 0 Å². The van der Waals surface area contributed by atoms with Crippen molar-refractivity contribution in [1.29, 1.82) is 0 Å². The number of carbonyl (C=O) groups is 1. The molecule has 0 amide bonds. The fourth-order valence-electron chi connectivity index (χ4n) is 1.15. The lowest BCUT2D eigenvalue weighted by Gasteiger charge is -2.13. The predicted octanol–water partition coefficient (Wildman–Crippen LogP) is 2.49. The predicted molar refractivity (Wildman–Crippen MR) is 52.2 cm³/mol. The number of hydrogen-bond acceptors (Lipinski definition) is 2. The Kier molecular flexibility index (Phi) is 3.70. The van der Waals surface area contributed by atoms with Crippen LogP contribution in [0.5, 0.6) is 0 Å². The molecule has 0 aliphatic heterocycles. The van der Waals surface area contributed by atoms with E-state index < -0.39 is 24.5 Å². The second-order valence-electron chi connectivity index (χ2n) is 3.55. The molecule has 0 aliphatic carbocycles. The van der Waals surface area contributed by atoms with E-state index in [4.69, 9.17) is 5.11 Å². The van der Waals surface area contributed by atoms with Gasteiger partial charge in [-0.05, 0) is 6.92 Å². The molecule has 0 fully saturated rings. The highest BCUT2D eigenvalue weighted by Crippen LogP contribution is 2.23. The maximum absolute atomic E-state index is 12.0. The first-order valence-electron chi connectivity index (χ1n) is 4.65. The molecule has 1 rings (SSSR count). The molecule has 1 aromatic carbocycles. The summed E-state index contributed by atoms with van der Waals surface area (Å²) in [7, 11) is 0. The van der Waals surface area contributed by atoms with Crippen LogP contribution in [0.2, 0.25) is 0 Å². The van der Waals surface area contributed by atoms with Gasteiger partial charge in [0.1, 0.15) is 0 Å². The molecular formula is C11H11F3O2. The Hall–Kier alpha value is -1.36. The highest BCUT2D eigenvalue weighted by Gasteiger charge is 2.39. The smallest absolute Gasteiger partial charge is 0.383 e. The summed E-state index contributed by atoms with van der Waals surface area (Å²) in [6.45, 7) is 1.80. The van der Waals surface area contributed by atoms with Gasteiger partial charge in [-0.25, -0.2) is 0 Å². The molecule has 1 N–H and O–H groups in total. The molecule has 0 saturated heterocycles. The number of aryl methyl sites for hydroxylation is 1. The SMILES string of the molecule is Cc1ccc(C(=O)C[C@@H](O)C(F)(F)F)cc1. The minimum absolute atomic E-state index is 0.175. The Balaban J connectivity index is 2.70. The van der Waals surface area contributed by atoms with E-state index in [2.05, 4.69) is 0 Å². The lowest BCUT2D eigenvalue weighted by atomic mass is 10.0. The number of halogens is 3. The van der Waals surface area contributed by atoms with Gasteiger partial charge in [0.25, 0.3) is 0 Å². The second-order valence-corrected chi connectivity index (χ2v) is 3.55. The van der Waals surface area contributed by atoms with Crippen molar-refractivity contribution in [2.45, 2.75) is 25.6 Å². The number of aliphatic hydroxyl groups excluding tert-OH is 1. The van der Waals surface area contributed by atoms with Gasteiger partial charge in [0.2, 0.25) is 0 Å². The summed E-state index contributed by atoms with van der Waals surface area (Å²) in [5.41, 5.74) is 1.09. The van der Waals surface area contributed by atoms with Gasteiger partial charge in [-0.2, -0.15) is 13.2 Å². The molecule has 1 atom stereocenters. The minimum atomic E-state index is -4.75. The molecule has 16 heavy (non-hydrogen) atoms. The Bertz CT molecular complexity index is 368. The molecule has 0 unspecified atom stereocenters. The van der Waals surface area contributed by atoms with Gasteiger partial charge in [0.15, 0.2) is 11.9 Å². The van der Waals surface area contributed by atoms with Crippen LogP contribution in [0.15, 0.2) is 24.3 Å². The highest BCUT2D eigenvalue weighted by molar-refractivity contribution is 5.96. The van der Waals surface area contributed by atoms with Crippen LogP contribution in [-0.2, 0) is 0 Å². The number of Topliss-reactive ketones (excluding diaryl/α,β-unsaturated/α-hetero) is 1. The molecule has 0 heterocycles. The maximum Gasteiger partial charge on any atom is 0.414 e. The van der Waals surface area contributed by atoms with Gasteiger partial charge < -0.3 is 5.11 Å². The van der Waals surface area contributed by atoms with Crippen molar-refractivity contribution >= 4 is 5.78 Å². The Morgan fingerprint density at radius 3 is 2.25 bits per heavy atom. The van der Waals surface area contributed by atoms with E-state index in [9.17, 15) is 18.0 Å². The lowest BCUT2D eigenvalue weighted by molar-refractivity contribution is -0.202. The molecule has 0 radical (unpaired) electrons. The van der Waals surface area contributed by atoms with Gasteiger partial charge in [-0.3, -0.25) is 4.79 Å². The number of hydrogen-bond donors (Lipinski definition) is 1. The summed E-state index contributed by atoms with van der Waals surface area (Å²) >= 11 is 0. The van der Waals surface area contributed by atoms with Crippen LogP contribution in [0.1, 0.15) is 22.3 Å². The van der Waals surface area contributed by atoms with Gasteiger partial charge in [-0.15, -0.1) is 0 Å². The van der Waals surface area contributed by atoms with Gasteiger partial charge >= 0.3 is 6.18 Å². The van der Waals surface area contributed by atoms with Crippen molar-refractivity contribution in [3.05, 3.63) is 35.4 Å². The van der Waals surface area contributed by atoms with Crippen LogP contribution < -0.4 is 0 Å². The van der Waals surface area contributed by atoms with E-state index in [0.29, 0.717) is 0 Å². The average molecular weight is 232 g/mol. The molecule has 0 aliphatic rings. The summed E-state index contributed by atoms with van der Waals surface area (Å²) < 4.78 is 36.0. The average Bonchev–Trinajstić information content (AvgIpc) is 2.17. The van der Waals surface area contributed by atoms with E-state index >= 15 is 0 Å². The standard InChI is InChI=1S/C11H11F3O2/c1-7-2-4-8(5-3-7)9(15)6-10(16)11(12,13)14/h2-5,10,16H,6H2,1H3/t10-/m1/s1. The topological polar surface area (TPSA) is 37.3 Å². The number of ketones is 1. The third-order valence-corrected chi connectivity index (χ3v) is 2.13. The zero-order valence-corrected chi connectivity index (χ0v) is 8.58. The third-order valence-electron chi connectivity index (χ3n) is 2.13. The van der Waals surface area contributed by atoms with E-state index in [0.717, 1.165) is 5.56 Å². The van der Waals surface area contributed by atoms with Crippen LogP contribution in [0, 0.1) is 6.92 Å². The first-order valence-corrected chi connectivity index (χ1v) is 4.65. The summed E-state index contributed by atoms with van der Waals surface area (Å²) in [6, 6.07) is 6.15. The van der Waals surface area contributed by atoms with Crippen molar-refractivity contribution in [3.63, 3.8) is 0 Å². The fraction of sp³-hybridized carbons (Fsp3) is 0.364. The normalized spacial score (nSPS) is 13.6. The summed E-state index contributed by atoms with van der Waals surface area (Å²) in [6.07, 6.45) is -8.28. The Labute approximate surface area is 90.7 Å². The molecule has 2 nitrogen and oxygen atoms in total. The van der Waals surface area contributed by atoms with E-state index in [-0.39, 0.29) is 5.56 Å². The largest absolute Gasteiger partial charge is 0.414 e. The number of alkyl halides is 3. The Morgan fingerprint density at radius 2 is 1.81 bits per heavy atom. The molecule has 0 saturated carbocycles. The van der Waals surface area contributed by atoms with Crippen LogP contribution in [0.4, 0.5) is 13.2 Å². The van der Waals surface area contributed by atoms with E-state index in [1.54, 1.807) is 19.1 Å². The number of carbonyl (C=O) groups excluding carboxylic acids is 1. The number of benzene rings is 1. The van der Waals surface area contributed by atoms with Crippen LogP contribution >= 0.6 is 0 Å². The zero-order valence-electron chi connectivity index (χ0n) is 8.58. The Morgan fingerprint density at radius 1 is 1.31 bits per heavy atom. The quantitative estimate of drug-likeness (QED) is 0.813. The van der Waals surface area contributed by atoms with Crippen molar-refractivity contribution in [2.75, 3.05) is 0 Å². The van der Waals surface area contributed by atoms with Gasteiger partial charge in [-0.1, -0.05) is 29.8 Å². The van der Waals surface area contributed by atoms with E-state index in [1.807, 2.05) is 0 Å². The highest BCUT2D eigenvalue weighted by atomic mass is 19.4. The van der Waals surface area contributed by atoms with Crippen molar-refractivity contribution in [1.82, 2.24) is 0 Å². The molecule has 0 spiro atoms. The molecule has 0 bridgehead atoms. The summed E-state index contributed by atoms with van der Waals surface area (Å²) in [5, 5.41) is 8.73. The molecular weight excluding hydrogens is 221 g/mol. The van der Waals surface area contributed by atoms with Crippen molar-refractivity contribution in [2.24, 2.45) is 0 Å². The molecule has 88 valence electrons. The number of aliphatic hydroxyl groups is 1. The van der Waals surface area contributed by atoms with Crippen molar-refractivity contribution < 1.29 is 23.1 Å². The first kappa shape index (κ1) is 12.7. The number of rotatable bonds is 3. The van der Waals surface area contributed by atoms with Gasteiger partial charge in [0, 0.05) is 12.0 Å². The van der Waals surface area contributed by atoms with Crippen LogP contribution in [-0.4, -0.2) is 23.2 Å². The fourth-order valence-corrected chi connectivity index (χ4v) is 1.15. The molecule has 5 heteroatoms.